The summed E-state index contributed by atoms with van der Waals surface area (Å²) in [6, 6.07) is 9.98. The zero-order valence-electron chi connectivity index (χ0n) is 10.7. The number of ether oxygens (including phenoxy) is 1. The van der Waals surface area contributed by atoms with Gasteiger partial charge in [0, 0.05) is 11.5 Å². The topological polar surface area (TPSA) is 29.5 Å². The molecule has 0 N–H and O–H groups in total. The molecule has 1 heterocycles. The second kappa shape index (κ2) is 5.14. The fourth-order valence-corrected chi connectivity index (χ4v) is 2.30. The molecule has 2 atom stereocenters. The van der Waals surface area contributed by atoms with E-state index in [1.807, 2.05) is 44.2 Å². The van der Waals surface area contributed by atoms with Gasteiger partial charge in [-0.1, -0.05) is 46.3 Å². The molecule has 1 aromatic carbocycles. The minimum Gasteiger partial charge on any atom is -0.477 e. The first-order valence-electron chi connectivity index (χ1n) is 5.87. The van der Waals surface area contributed by atoms with Gasteiger partial charge < -0.3 is 9.64 Å². The highest BCUT2D eigenvalue weighted by Gasteiger charge is 2.36. The van der Waals surface area contributed by atoms with Gasteiger partial charge in [-0.2, -0.15) is 0 Å². The predicted molar refractivity (Wildman–Crippen MR) is 74.1 cm³/mol. The van der Waals surface area contributed by atoms with Crippen molar-refractivity contribution in [3.63, 3.8) is 0 Å². The van der Waals surface area contributed by atoms with Crippen LogP contribution >= 0.6 is 15.9 Å². The SMILES string of the molecule is C/C(Br)=C1/O[C@H](c2ccccc2)[C@H](C)N(C)C1=O. The van der Waals surface area contributed by atoms with Gasteiger partial charge in [0.25, 0.3) is 5.91 Å². The van der Waals surface area contributed by atoms with Crippen molar-refractivity contribution in [2.24, 2.45) is 0 Å². The molecular weight excluding hydrogens is 294 g/mol. The molecule has 0 bridgehead atoms. The van der Waals surface area contributed by atoms with Crippen LogP contribution in [-0.2, 0) is 9.53 Å². The average Bonchev–Trinajstić information content (AvgIpc) is 2.37. The van der Waals surface area contributed by atoms with Gasteiger partial charge >= 0.3 is 0 Å². The Morgan fingerprint density at radius 3 is 2.50 bits per heavy atom. The number of carbonyl (C=O) groups excluding carboxylic acids is 1. The van der Waals surface area contributed by atoms with E-state index in [0.717, 1.165) is 10.0 Å². The first-order chi connectivity index (χ1) is 8.52. The number of nitrogens with zero attached hydrogens (tertiary/aromatic N) is 1. The van der Waals surface area contributed by atoms with Crippen LogP contribution in [0.1, 0.15) is 25.5 Å². The van der Waals surface area contributed by atoms with Gasteiger partial charge in [-0.3, -0.25) is 4.79 Å². The molecule has 0 saturated carbocycles. The van der Waals surface area contributed by atoms with Crippen LogP contribution in [0.2, 0.25) is 0 Å². The summed E-state index contributed by atoms with van der Waals surface area (Å²) < 4.78 is 6.60. The van der Waals surface area contributed by atoms with Crippen LogP contribution in [0.5, 0.6) is 0 Å². The number of likely N-dealkylation sites (N-methyl/N-ethyl adjacent to an activating group) is 1. The highest BCUT2D eigenvalue weighted by Crippen LogP contribution is 2.34. The Balaban J connectivity index is 2.38. The summed E-state index contributed by atoms with van der Waals surface area (Å²) in [5.41, 5.74) is 1.08. The minimum atomic E-state index is -0.128. The second-order valence-corrected chi connectivity index (χ2v) is 5.66. The van der Waals surface area contributed by atoms with Gasteiger partial charge in [-0.25, -0.2) is 0 Å². The molecule has 1 aromatic rings. The molecule has 3 nitrogen and oxygen atoms in total. The van der Waals surface area contributed by atoms with Crippen molar-refractivity contribution in [3.8, 4) is 0 Å². The predicted octanol–water partition coefficient (Wildman–Crippen LogP) is 3.23. The van der Waals surface area contributed by atoms with Crippen molar-refractivity contribution >= 4 is 21.8 Å². The Morgan fingerprint density at radius 2 is 1.94 bits per heavy atom. The van der Waals surface area contributed by atoms with E-state index in [1.54, 1.807) is 11.9 Å². The van der Waals surface area contributed by atoms with E-state index in [-0.39, 0.29) is 18.1 Å². The number of benzene rings is 1. The maximum atomic E-state index is 12.1. The van der Waals surface area contributed by atoms with E-state index in [9.17, 15) is 4.79 Å². The maximum absolute atomic E-state index is 12.1. The van der Waals surface area contributed by atoms with Crippen molar-refractivity contribution < 1.29 is 9.53 Å². The summed E-state index contributed by atoms with van der Waals surface area (Å²) in [4.78, 5) is 13.8. The second-order valence-electron chi connectivity index (χ2n) is 4.47. The molecule has 0 spiro atoms. The van der Waals surface area contributed by atoms with Gasteiger partial charge in [0.05, 0.1) is 6.04 Å². The van der Waals surface area contributed by atoms with Crippen LogP contribution in [-0.4, -0.2) is 23.9 Å². The van der Waals surface area contributed by atoms with Gasteiger partial charge in [-0.15, -0.1) is 0 Å². The number of hydrogen-bond donors (Lipinski definition) is 0. The first-order valence-corrected chi connectivity index (χ1v) is 6.66. The molecule has 1 fully saturated rings. The lowest BCUT2D eigenvalue weighted by molar-refractivity contribution is -0.143. The van der Waals surface area contributed by atoms with Gasteiger partial charge in [0.1, 0.15) is 6.10 Å². The molecule has 4 heteroatoms. The van der Waals surface area contributed by atoms with E-state index in [4.69, 9.17) is 4.74 Å². The highest BCUT2D eigenvalue weighted by atomic mass is 79.9. The third-order valence-electron chi connectivity index (χ3n) is 3.25. The van der Waals surface area contributed by atoms with Gasteiger partial charge in [0.15, 0.2) is 5.76 Å². The molecule has 1 aliphatic rings. The molecular formula is C14H16BrNO2. The summed E-state index contributed by atoms with van der Waals surface area (Å²) in [7, 11) is 1.81. The smallest absolute Gasteiger partial charge is 0.289 e. The fourth-order valence-electron chi connectivity index (χ4n) is 2.04. The molecule has 0 radical (unpaired) electrons. The molecule has 0 aromatic heterocycles. The summed E-state index contributed by atoms with van der Waals surface area (Å²) in [5, 5.41) is 0. The van der Waals surface area contributed by atoms with Crippen LogP contribution < -0.4 is 0 Å². The molecule has 96 valence electrons. The Bertz CT molecular complexity index is 480. The largest absolute Gasteiger partial charge is 0.477 e. The number of morpholine rings is 1. The Kier molecular flexibility index (Phi) is 3.76. The number of halogens is 1. The summed E-state index contributed by atoms with van der Waals surface area (Å²) in [6.45, 7) is 3.81. The van der Waals surface area contributed by atoms with Crippen molar-refractivity contribution in [3.05, 3.63) is 46.1 Å². The van der Waals surface area contributed by atoms with E-state index < -0.39 is 0 Å². The third-order valence-corrected chi connectivity index (χ3v) is 3.61. The third kappa shape index (κ3) is 2.29. The van der Waals surface area contributed by atoms with Crippen LogP contribution in [0.3, 0.4) is 0 Å². The van der Waals surface area contributed by atoms with Crippen molar-refractivity contribution in [1.29, 1.82) is 0 Å². The monoisotopic (exact) mass is 309 g/mol. The lowest BCUT2D eigenvalue weighted by Gasteiger charge is -2.38. The van der Waals surface area contributed by atoms with E-state index in [2.05, 4.69) is 15.9 Å². The lowest BCUT2D eigenvalue weighted by atomic mass is 10.0. The molecule has 1 saturated heterocycles. The standard InChI is InChI=1S/C14H16BrNO2/c1-9(15)12-14(17)16(3)10(2)13(18-12)11-7-5-4-6-8-11/h4-8,10,13H,1-3H3/b12-9-/t10-,13-/m0/s1. The van der Waals surface area contributed by atoms with Crippen LogP contribution in [0.4, 0.5) is 0 Å². The van der Waals surface area contributed by atoms with Gasteiger partial charge in [0.2, 0.25) is 0 Å². The zero-order chi connectivity index (χ0) is 13.3. The average molecular weight is 310 g/mol. The molecule has 0 unspecified atom stereocenters. The maximum Gasteiger partial charge on any atom is 0.289 e. The number of carbonyl (C=O) groups is 1. The van der Waals surface area contributed by atoms with Crippen molar-refractivity contribution in [2.75, 3.05) is 7.05 Å². The number of allylic oxidation sites excluding steroid dienone is 1. The first kappa shape index (κ1) is 13.1. The van der Waals surface area contributed by atoms with E-state index >= 15 is 0 Å². The summed E-state index contributed by atoms with van der Waals surface area (Å²) in [6.07, 6.45) is -0.128. The summed E-state index contributed by atoms with van der Waals surface area (Å²) in [5.74, 6) is 0.313. The Hall–Kier alpha value is -1.29. The van der Waals surface area contributed by atoms with Crippen LogP contribution in [0.15, 0.2) is 40.6 Å². The normalized spacial score (nSPS) is 26.9. The zero-order valence-corrected chi connectivity index (χ0v) is 12.3. The Morgan fingerprint density at radius 1 is 1.33 bits per heavy atom. The fraction of sp³-hybridized carbons (Fsp3) is 0.357. The van der Waals surface area contributed by atoms with E-state index in [1.165, 1.54) is 0 Å². The lowest BCUT2D eigenvalue weighted by Crippen LogP contribution is -2.46. The number of hydrogen-bond acceptors (Lipinski definition) is 2. The quantitative estimate of drug-likeness (QED) is 0.745. The minimum absolute atomic E-state index is 0.00972. The molecule has 0 aliphatic carbocycles. The summed E-state index contributed by atoms with van der Waals surface area (Å²) >= 11 is 3.33. The molecule has 18 heavy (non-hydrogen) atoms. The number of rotatable bonds is 1. The van der Waals surface area contributed by atoms with Gasteiger partial charge in [-0.05, 0) is 19.4 Å². The number of amides is 1. The molecule has 1 amide bonds. The van der Waals surface area contributed by atoms with E-state index in [0.29, 0.717) is 5.76 Å². The Labute approximate surface area is 116 Å². The van der Waals surface area contributed by atoms with Crippen LogP contribution in [0, 0.1) is 0 Å². The van der Waals surface area contributed by atoms with Crippen LogP contribution in [0.25, 0.3) is 0 Å². The van der Waals surface area contributed by atoms with Crippen molar-refractivity contribution in [2.45, 2.75) is 26.0 Å². The highest BCUT2D eigenvalue weighted by molar-refractivity contribution is 9.11. The molecule has 1 aliphatic heterocycles. The molecule has 2 rings (SSSR count). The van der Waals surface area contributed by atoms with Crippen molar-refractivity contribution in [1.82, 2.24) is 4.90 Å².